The molecular weight excluding hydrogens is 571 g/mol. The van der Waals surface area contributed by atoms with Crippen LogP contribution in [0.4, 0.5) is 0 Å². The van der Waals surface area contributed by atoms with Crippen LogP contribution in [-0.2, 0) is 4.79 Å². The van der Waals surface area contributed by atoms with Gasteiger partial charge in [0.1, 0.15) is 5.58 Å². The van der Waals surface area contributed by atoms with Gasteiger partial charge in [-0.1, -0.05) is 22.0 Å². The molecule has 1 aromatic heterocycles. The van der Waals surface area contributed by atoms with E-state index in [0.29, 0.717) is 16.9 Å². The Morgan fingerprint density at radius 3 is 2.80 bits per heavy atom. The summed E-state index contributed by atoms with van der Waals surface area (Å²) in [5, 5.41) is 13.8. The van der Waals surface area contributed by atoms with E-state index in [1.165, 1.54) is 20.2 Å². The molecule has 1 atom stereocenters. The lowest BCUT2D eigenvalue weighted by Gasteiger charge is -2.15. The topological polar surface area (TPSA) is 110 Å². The van der Waals surface area contributed by atoms with Crippen LogP contribution in [0.15, 0.2) is 50.4 Å². The first-order valence-corrected chi connectivity index (χ1v) is 10.5. The van der Waals surface area contributed by atoms with E-state index in [1.54, 1.807) is 24.3 Å². The molecule has 10 heteroatoms. The van der Waals surface area contributed by atoms with E-state index in [0.717, 1.165) is 13.4 Å². The SMILES string of the molecule is COc1cccc(/C=N\NC(=O)c2cc3cc(Br)cc(I)c3o2)c1O[C@H](C)C(=O)O. The van der Waals surface area contributed by atoms with Gasteiger partial charge in [-0.25, -0.2) is 10.2 Å². The van der Waals surface area contributed by atoms with Gasteiger partial charge in [0, 0.05) is 15.4 Å². The van der Waals surface area contributed by atoms with Crippen LogP contribution in [-0.4, -0.2) is 36.4 Å². The van der Waals surface area contributed by atoms with Crippen molar-refractivity contribution in [2.24, 2.45) is 5.10 Å². The quantitative estimate of drug-likeness (QED) is 0.241. The molecule has 1 amide bonds. The van der Waals surface area contributed by atoms with Gasteiger partial charge in [0.05, 0.1) is 16.9 Å². The van der Waals surface area contributed by atoms with E-state index in [-0.39, 0.29) is 11.5 Å². The number of benzene rings is 2. The third kappa shape index (κ3) is 4.93. The molecule has 0 saturated carbocycles. The van der Waals surface area contributed by atoms with Crippen molar-refractivity contribution < 1.29 is 28.6 Å². The summed E-state index contributed by atoms with van der Waals surface area (Å²) < 4.78 is 18.1. The number of methoxy groups -OCH3 is 1. The lowest BCUT2D eigenvalue weighted by molar-refractivity contribution is -0.144. The minimum atomic E-state index is -1.12. The molecule has 1 heterocycles. The lowest BCUT2D eigenvalue weighted by Crippen LogP contribution is -2.23. The minimum Gasteiger partial charge on any atom is -0.493 e. The van der Waals surface area contributed by atoms with Gasteiger partial charge in [-0.2, -0.15) is 5.10 Å². The number of rotatable bonds is 7. The molecule has 8 nitrogen and oxygen atoms in total. The first kappa shape index (κ1) is 22.1. The number of carbonyl (C=O) groups excluding carboxylic acids is 1. The summed E-state index contributed by atoms with van der Waals surface area (Å²) in [5.41, 5.74) is 3.44. The Morgan fingerprint density at radius 1 is 1.33 bits per heavy atom. The molecule has 0 bridgehead atoms. The van der Waals surface area contributed by atoms with Crippen molar-refractivity contribution in [3.63, 3.8) is 0 Å². The van der Waals surface area contributed by atoms with Crippen LogP contribution < -0.4 is 14.9 Å². The van der Waals surface area contributed by atoms with Gasteiger partial charge < -0.3 is 19.0 Å². The van der Waals surface area contributed by atoms with Gasteiger partial charge in [-0.05, 0) is 59.8 Å². The maximum Gasteiger partial charge on any atom is 0.344 e. The molecular formula is C20H16BrIN2O6. The molecule has 3 aromatic rings. The monoisotopic (exact) mass is 586 g/mol. The van der Waals surface area contributed by atoms with Crippen LogP contribution in [0.5, 0.6) is 11.5 Å². The first-order chi connectivity index (χ1) is 14.3. The highest BCUT2D eigenvalue weighted by molar-refractivity contribution is 14.1. The zero-order valence-corrected chi connectivity index (χ0v) is 19.6. The van der Waals surface area contributed by atoms with Gasteiger partial charge in [-0.15, -0.1) is 0 Å². The van der Waals surface area contributed by atoms with Crippen LogP contribution >= 0.6 is 38.5 Å². The number of para-hydroxylation sites is 1. The highest BCUT2D eigenvalue weighted by atomic mass is 127. The standard InChI is InChI=1S/C20H16BrIN2O6/c1-10(20(26)27)29-18-11(4-3-5-15(18)28-2)9-23-24-19(25)16-7-12-6-13(21)8-14(22)17(12)30-16/h3-10H,1-2H3,(H,24,25)(H,26,27)/b23-9-/t10-/m1/s1. The lowest BCUT2D eigenvalue weighted by atomic mass is 10.2. The molecule has 2 N–H and O–H groups in total. The summed E-state index contributed by atoms with van der Waals surface area (Å²) >= 11 is 5.54. The van der Waals surface area contributed by atoms with Crippen LogP contribution in [0.1, 0.15) is 23.0 Å². The molecule has 0 unspecified atom stereocenters. The average Bonchev–Trinajstić information content (AvgIpc) is 3.13. The smallest absolute Gasteiger partial charge is 0.344 e. The zero-order valence-electron chi connectivity index (χ0n) is 15.8. The zero-order chi connectivity index (χ0) is 21.8. The summed E-state index contributed by atoms with van der Waals surface area (Å²) in [6.45, 7) is 1.40. The number of carboxylic acid groups (broad SMARTS) is 1. The molecule has 0 fully saturated rings. The number of carboxylic acids is 1. The molecule has 0 aliphatic carbocycles. The van der Waals surface area contributed by atoms with Crippen molar-refractivity contribution in [1.82, 2.24) is 5.43 Å². The number of hydrogen-bond acceptors (Lipinski definition) is 6. The second-order valence-electron chi connectivity index (χ2n) is 6.09. The Morgan fingerprint density at radius 2 is 2.10 bits per heavy atom. The van der Waals surface area contributed by atoms with E-state index < -0.39 is 18.0 Å². The Labute approximate surface area is 193 Å². The molecule has 3 rings (SSSR count). The second-order valence-corrected chi connectivity index (χ2v) is 8.17. The number of aliphatic carboxylic acids is 1. The minimum absolute atomic E-state index is 0.111. The Balaban J connectivity index is 1.80. The summed E-state index contributed by atoms with van der Waals surface area (Å²) in [4.78, 5) is 23.5. The van der Waals surface area contributed by atoms with E-state index in [4.69, 9.17) is 19.0 Å². The Bertz CT molecular complexity index is 1140. The Kier molecular flexibility index (Phi) is 6.98. The summed E-state index contributed by atoms with van der Waals surface area (Å²) in [5.74, 6) is -0.992. The predicted molar refractivity (Wildman–Crippen MR) is 122 cm³/mol. The summed E-state index contributed by atoms with van der Waals surface area (Å²) in [7, 11) is 1.44. The highest BCUT2D eigenvalue weighted by Crippen LogP contribution is 2.31. The molecule has 2 aromatic carbocycles. The Hall–Kier alpha value is -2.60. The molecule has 0 radical (unpaired) electrons. The summed E-state index contributed by atoms with van der Waals surface area (Å²) in [6.07, 6.45) is 0.244. The van der Waals surface area contributed by atoms with E-state index >= 15 is 0 Å². The number of ether oxygens (including phenoxy) is 2. The van der Waals surface area contributed by atoms with Crippen molar-refractivity contribution in [2.45, 2.75) is 13.0 Å². The average molecular weight is 587 g/mol. The number of nitrogens with zero attached hydrogens (tertiary/aromatic N) is 1. The van der Waals surface area contributed by atoms with Crippen molar-refractivity contribution >= 4 is 67.6 Å². The van der Waals surface area contributed by atoms with Gasteiger partial charge in [0.25, 0.3) is 0 Å². The molecule has 0 aliphatic heterocycles. The fourth-order valence-corrected chi connectivity index (χ4v) is 4.21. The van der Waals surface area contributed by atoms with Crippen LogP contribution in [0.3, 0.4) is 0 Å². The maximum absolute atomic E-state index is 12.4. The van der Waals surface area contributed by atoms with E-state index in [2.05, 4.69) is 49.0 Å². The maximum atomic E-state index is 12.4. The van der Waals surface area contributed by atoms with Gasteiger partial charge >= 0.3 is 11.9 Å². The summed E-state index contributed by atoms with van der Waals surface area (Å²) in [6, 6.07) is 10.3. The fourth-order valence-electron chi connectivity index (χ4n) is 2.55. The van der Waals surface area contributed by atoms with Crippen molar-refractivity contribution in [3.8, 4) is 11.5 Å². The number of hydrazone groups is 1. The molecule has 0 spiro atoms. The van der Waals surface area contributed by atoms with Crippen molar-refractivity contribution in [1.29, 1.82) is 0 Å². The number of hydrogen-bond donors (Lipinski definition) is 2. The van der Waals surface area contributed by atoms with E-state index in [9.17, 15) is 9.59 Å². The van der Waals surface area contributed by atoms with Gasteiger partial charge in [-0.3, -0.25) is 4.79 Å². The second kappa shape index (κ2) is 9.47. The van der Waals surface area contributed by atoms with Crippen molar-refractivity contribution in [2.75, 3.05) is 7.11 Å². The number of amides is 1. The fraction of sp³-hybridized carbons (Fsp3) is 0.150. The third-order valence-corrected chi connectivity index (χ3v) is 5.26. The molecule has 0 aliphatic rings. The van der Waals surface area contributed by atoms with Gasteiger partial charge in [0.15, 0.2) is 23.4 Å². The number of nitrogens with one attached hydrogen (secondary N) is 1. The number of furan rings is 1. The number of halogens is 2. The predicted octanol–water partition coefficient (Wildman–Crippen LogP) is 4.42. The first-order valence-electron chi connectivity index (χ1n) is 8.58. The molecule has 30 heavy (non-hydrogen) atoms. The van der Waals surface area contributed by atoms with Crippen LogP contribution in [0.2, 0.25) is 0 Å². The van der Waals surface area contributed by atoms with Crippen molar-refractivity contribution in [3.05, 3.63) is 55.8 Å². The van der Waals surface area contributed by atoms with Crippen LogP contribution in [0.25, 0.3) is 11.0 Å². The third-order valence-electron chi connectivity index (χ3n) is 4.00. The number of carbonyl (C=O) groups is 2. The van der Waals surface area contributed by atoms with Gasteiger partial charge in [0.2, 0.25) is 0 Å². The largest absolute Gasteiger partial charge is 0.493 e. The van der Waals surface area contributed by atoms with Crippen LogP contribution in [0, 0.1) is 3.57 Å². The molecule has 156 valence electrons. The molecule has 0 saturated heterocycles. The van der Waals surface area contributed by atoms with E-state index in [1.807, 2.05) is 12.1 Å². The number of fused-ring (bicyclic) bond motifs is 1. The highest BCUT2D eigenvalue weighted by Gasteiger charge is 2.18. The normalized spacial score (nSPS) is 12.1.